The summed E-state index contributed by atoms with van der Waals surface area (Å²) in [5.74, 6) is 2.04. The number of benzene rings is 2. The summed E-state index contributed by atoms with van der Waals surface area (Å²) in [6, 6.07) is 12.7. The van der Waals surface area contributed by atoms with Crippen molar-refractivity contribution in [3.8, 4) is 17.2 Å². The van der Waals surface area contributed by atoms with Crippen LogP contribution in [0.1, 0.15) is 22.9 Å². The van der Waals surface area contributed by atoms with Crippen LogP contribution in [0.2, 0.25) is 0 Å². The Hall–Kier alpha value is -4.27. The standard InChI is InChI=1S/C25H24N2O7/c1-31-23-14-17-11-12-26(25(28)10-9-19-4-3-13-33-19)22(21(17)15-24(23)32-2)16-34-20-7-5-18(6-8-20)27(29)30/h3-10,13-15,22H,11-12,16H2,1-2H3/b10-9+/t22-/m0/s1. The zero-order valence-electron chi connectivity index (χ0n) is 18.8. The highest BCUT2D eigenvalue weighted by atomic mass is 16.6. The van der Waals surface area contributed by atoms with Gasteiger partial charge < -0.3 is 23.5 Å². The highest BCUT2D eigenvalue weighted by Gasteiger charge is 2.32. The number of furan rings is 1. The Labute approximate surface area is 196 Å². The lowest BCUT2D eigenvalue weighted by molar-refractivity contribution is -0.384. The molecular weight excluding hydrogens is 440 g/mol. The van der Waals surface area contributed by atoms with E-state index in [0.717, 1.165) is 11.1 Å². The number of nitrogens with zero attached hydrogens (tertiary/aromatic N) is 2. The maximum atomic E-state index is 13.1. The van der Waals surface area contributed by atoms with Crippen molar-refractivity contribution < 1.29 is 28.3 Å². The van der Waals surface area contributed by atoms with E-state index >= 15 is 0 Å². The minimum absolute atomic E-state index is 0.0212. The van der Waals surface area contributed by atoms with Crippen LogP contribution in [0.4, 0.5) is 5.69 Å². The van der Waals surface area contributed by atoms with E-state index in [2.05, 4.69) is 0 Å². The second-order valence-corrected chi connectivity index (χ2v) is 7.61. The number of carbonyl (C=O) groups is 1. The molecule has 3 aromatic rings. The summed E-state index contributed by atoms with van der Waals surface area (Å²) in [5.41, 5.74) is 1.91. The molecule has 0 aliphatic carbocycles. The highest BCUT2D eigenvalue weighted by molar-refractivity contribution is 5.92. The molecule has 2 aromatic carbocycles. The number of nitro benzene ring substituents is 1. The van der Waals surface area contributed by atoms with Crippen LogP contribution >= 0.6 is 0 Å². The van der Waals surface area contributed by atoms with Crippen molar-refractivity contribution >= 4 is 17.7 Å². The van der Waals surface area contributed by atoms with E-state index in [4.69, 9.17) is 18.6 Å². The first-order valence-electron chi connectivity index (χ1n) is 10.6. The summed E-state index contributed by atoms with van der Waals surface area (Å²) in [6.07, 6.45) is 5.29. The molecule has 1 aromatic heterocycles. The van der Waals surface area contributed by atoms with Crippen molar-refractivity contribution in [3.05, 3.63) is 87.9 Å². The molecule has 34 heavy (non-hydrogen) atoms. The van der Waals surface area contributed by atoms with Gasteiger partial charge in [-0.3, -0.25) is 14.9 Å². The molecule has 0 bridgehead atoms. The Morgan fingerprint density at radius 3 is 2.56 bits per heavy atom. The largest absolute Gasteiger partial charge is 0.493 e. The van der Waals surface area contributed by atoms with Gasteiger partial charge in [0.05, 0.1) is 31.4 Å². The van der Waals surface area contributed by atoms with Crippen molar-refractivity contribution in [2.75, 3.05) is 27.4 Å². The fourth-order valence-electron chi connectivity index (χ4n) is 3.95. The van der Waals surface area contributed by atoms with Crippen molar-refractivity contribution in [2.45, 2.75) is 12.5 Å². The molecule has 176 valence electrons. The monoisotopic (exact) mass is 464 g/mol. The van der Waals surface area contributed by atoms with Crippen LogP contribution in [0.5, 0.6) is 17.2 Å². The van der Waals surface area contributed by atoms with E-state index in [1.807, 2.05) is 12.1 Å². The number of carbonyl (C=O) groups excluding carboxylic acids is 1. The second-order valence-electron chi connectivity index (χ2n) is 7.61. The molecule has 0 saturated heterocycles. The summed E-state index contributed by atoms with van der Waals surface area (Å²) in [5, 5.41) is 10.9. The quantitative estimate of drug-likeness (QED) is 0.276. The van der Waals surface area contributed by atoms with E-state index in [-0.39, 0.29) is 18.2 Å². The van der Waals surface area contributed by atoms with Crippen LogP contribution in [0.15, 0.2) is 65.3 Å². The van der Waals surface area contributed by atoms with E-state index < -0.39 is 11.0 Å². The summed E-state index contributed by atoms with van der Waals surface area (Å²) in [6.45, 7) is 0.638. The van der Waals surface area contributed by atoms with Crippen LogP contribution in [-0.4, -0.2) is 43.1 Å². The maximum absolute atomic E-state index is 13.1. The first-order chi connectivity index (χ1) is 16.5. The van der Waals surface area contributed by atoms with Gasteiger partial charge in [0, 0.05) is 24.8 Å². The highest BCUT2D eigenvalue weighted by Crippen LogP contribution is 2.38. The summed E-state index contributed by atoms with van der Waals surface area (Å²) < 4.78 is 22.2. The van der Waals surface area contributed by atoms with Gasteiger partial charge in [-0.15, -0.1) is 0 Å². The average molecular weight is 464 g/mol. The van der Waals surface area contributed by atoms with Crippen molar-refractivity contribution in [1.82, 2.24) is 4.90 Å². The molecular formula is C25H24N2O7. The molecule has 0 N–H and O–H groups in total. The molecule has 9 nitrogen and oxygen atoms in total. The van der Waals surface area contributed by atoms with Gasteiger partial charge in [0.2, 0.25) is 5.91 Å². The topological polar surface area (TPSA) is 104 Å². The number of nitro groups is 1. The van der Waals surface area contributed by atoms with Crippen LogP contribution in [0, 0.1) is 10.1 Å². The predicted molar refractivity (Wildman–Crippen MR) is 124 cm³/mol. The lowest BCUT2D eigenvalue weighted by Crippen LogP contribution is -2.41. The number of methoxy groups -OCH3 is 2. The first-order valence-corrected chi connectivity index (χ1v) is 10.6. The number of hydrogen-bond donors (Lipinski definition) is 0. The predicted octanol–water partition coefficient (Wildman–Crippen LogP) is 4.42. The van der Waals surface area contributed by atoms with Crippen molar-refractivity contribution in [1.29, 1.82) is 0 Å². The fourth-order valence-corrected chi connectivity index (χ4v) is 3.95. The molecule has 0 radical (unpaired) electrons. The minimum Gasteiger partial charge on any atom is -0.493 e. The second kappa shape index (κ2) is 10.1. The molecule has 1 atom stereocenters. The molecule has 1 amide bonds. The van der Waals surface area contributed by atoms with Crippen LogP contribution < -0.4 is 14.2 Å². The van der Waals surface area contributed by atoms with Gasteiger partial charge in [0.15, 0.2) is 11.5 Å². The molecule has 9 heteroatoms. The Morgan fingerprint density at radius 1 is 1.18 bits per heavy atom. The van der Waals surface area contributed by atoms with Crippen molar-refractivity contribution in [2.24, 2.45) is 0 Å². The molecule has 1 aliphatic heterocycles. The van der Waals surface area contributed by atoms with E-state index in [0.29, 0.717) is 36.0 Å². The van der Waals surface area contributed by atoms with Gasteiger partial charge in [-0.2, -0.15) is 0 Å². The van der Waals surface area contributed by atoms with Gasteiger partial charge in [0.1, 0.15) is 18.1 Å². The molecule has 0 saturated carbocycles. The van der Waals surface area contributed by atoms with Gasteiger partial charge >= 0.3 is 0 Å². The van der Waals surface area contributed by atoms with Gasteiger partial charge in [-0.1, -0.05) is 0 Å². The number of non-ortho nitro benzene ring substituents is 1. The minimum atomic E-state index is -0.466. The molecule has 2 heterocycles. The van der Waals surface area contributed by atoms with E-state index in [1.54, 1.807) is 55.7 Å². The van der Waals surface area contributed by atoms with Crippen LogP contribution in [0.3, 0.4) is 0 Å². The summed E-state index contributed by atoms with van der Waals surface area (Å²) in [7, 11) is 3.14. The number of ether oxygens (including phenoxy) is 3. The fraction of sp³-hybridized carbons (Fsp3) is 0.240. The summed E-state index contributed by atoms with van der Waals surface area (Å²) >= 11 is 0. The molecule has 0 fully saturated rings. The third-order valence-electron chi connectivity index (χ3n) is 5.67. The maximum Gasteiger partial charge on any atom is 0.269 e. The third-order valence-corrected chi connectivity index (χ3v) is 5.67. The first kappa shape index (κ1) is 22.9. The Balaban J connectivity index is 1.63. The number of hydrogen-bond acceptors (Lipinski definition) is 7. The van der Waals surface area contributed by atoms with Gasteiger partial charge in [0.25, 0.3) is 5.69 Å². The lowest BCUT2D eigenvalue weighted by Gasteiger charge is -2.37. The van der Waals surface area contributed by atoms with Gasteiger partial charge in [-0.05, 0) is 60.0 Å². The zero-order valence-corrected chi connectivity index (χ0v) is 18.8. The van der Waals surface area contributed by atoms with Gasteiger partial charge in [-0.25, -0.2) is 0 Å². The molecule has 0 spiro atoms. The number of amides is 1. The normalized spacial score (nSPS) is 15.1. The smallest absolute Gasteiger partial charge is 0.269 e. The Bertz CT molecular complexity index is 1190. The van der Waals surface area contributed by atoms with E-state index in [9.17, 15) is 14.9 Å². The lowest BCUT2D eigenvalue weighted by atomic mass is 9.92. The Morgan fingerprint density at radius 2 is 1.91 bits per heavy atom. The molecule has 1 aliphatic rings. The van der Waals surface area contributed by atoms with Crippen LogP contribution in [-0.2, 0) is 11.2 Å². The van der Waals surface area contributed by atoms with Crippen molar-refractivity contribution in [3.63, 3.8) is 0 Å². The SMILES string of the molecule is COc1cc2c(cc1OC)[C@H](COc1ccc([N+](=O)[O-])cc1)N(C(=O)/C=C/c1ccco1)CC2. The third kappa shape index (κ3) is 4.88. The van der Waals surface area contributed by atoms with Crippen LogP contribution in [0.25, 0.3) is 6.08 Å². The number of fused-ring (bicyclic) bond motifs is 1. The molecule has 4 rings (SSSR count). The Kier molecular flexibility index (Phi) is 6.82. The van der Waals surface area contributed by atoms with E-state index in [1.165, 1.54) is 18.2 Å². The molecule has 0 unspecified atom stereocenters. The average Bonchev–Trinajstić information content (AvgIpc) is 3.38. The zero-order chi connectivity index (χ0) is 24.1. The summed E-state index contributed by atoms with van der Waals surface area (Å²) in [4.78, 5) is 25.3. The number of rotatable bonds is 8.